The van der Waals surface area contributed by atoms with Crippen LogP contribution in [-0.4, -0.2) is 23.5 Å². The number of nitrogens with zero attached hydrogens (tertiary/aromatic N) is 1. The zero-order valence-electron chi connectivity index (χ0n) is 14.2. The van der Waals surface area contributed by atoms with Crippen molar-refractivity contribution in [3.05, 3.63) is 29.8 Å². The Labute approximate surface area is 156 Å². The van der Waals surface area contributed by atoms with E-state index in [2.05, 4.69) is 22.0 Å². The number of hydrogen-bond acceptors (Lipinski definition) is 4. The first-order chi connectivity index (χ1) is 12.0. The summed E-state index contributed by atoms with van der Waals surface area (Å²) in [6.07, 6.45) is 6.60. The molecule has 132 valence electrons. The van der Waals surface area contributed by atoms with Crippen LogP contribution >= 0.6 is 15.9 Å². The molecule has 0 amide bonds. The summed E-state index contributed by atoms with van der Waals surface area (Å²) in [7, 11) is 0. The van der Waals surface area contributed by atoms with Gasteiger partial charge < -0.3 is 9.47 Å². The topological polar surface area (TPSA) is 59.3 Å². The lowest BCUT2D eigenvalue weighted by atomic mass is 9.49. The molecule has 0 aliphatic heterocycles. The van der Waals surface area contributed by atoms with Crippen molar-refractivity contribution in [2.75, 3.05) is 13.2 Å². The summed E-state index contributed by atoms with van der Waals surface area (Å²) in [6.45, 7) is 0.602. The third-order valence-corrected chi connectivity index (χ3v) is 6.92. The van der Waals surface area contributed by atoms with E-state index in [1.165, 1.54) is 19.3 Å². The number of nitriles is 1. The number of halogens is 1. The molecule has 4 saturated carbocycles. The van der Waals surface area contributed by atoms with Gasteiger partial charge in [0.25, 0.3) is 0 Å². The Hall–Kier alpha value is -1.54. The lowest BCUT2D eigenvalue weighted by molar-refractivity contribution is -0.170. The first-order valence-corrected chi connectivity index (χ1v) is 9.79. The third-order valence-electron chi connectivity index (χ3n) is 5.99. The molecule has 0 saturated heterocycles. The van der Waals surface area contributed by atoms with Crippen LogP contribution in [-0.2, 0) is 9.53 Å². The van der Waals surface area contributed by atoms with Crippen LogP contribution in [0.1, 0.15) is 44.1 Å². The summed E-state index contributed by atoms with van der Waals surface area (Å²) in [5.74, 6) is 1.99. The molecule has 0 spiro atoms. The van der Waals surface area contributed by atoms with E-state index < -0.39 is 0 Å². The summed E-state index contributed by atoms with van der Waals surface area (Å²) in [6, 6.07) is 9.02. The molecule has 4 aliphatic carbocycles. The summed E-state index contributed by atoms with van der Waals surface area (Å²) in [4.78, 5) is 12.8. The Kier molecular flexibility index (Phi) is 4.27. The van der Waals surface area contributed by atoms with Gasteiger partial charge in [-0.25, -0.2) is 0 Å². The SMILES string of the molecule is N#Cc1ccc(OCCOC(=O)C23CC4CC(CC(Br)(C4)C2)C3)cc1. The lowest BCUT2D eigenvalue weighted by Crippen LogP contribution is -2.56. The summed E-state index contributed by atoms with van der Waals surface area (Å²) < 4.78 is 11.4. The van der Waals surface area contributed by atoms with Crippen molar-refractivity contribution in [2.45, 2.75) is 42.8 Å². The van der Waals surface area contributed by atoms with Crippen LogP contribution < -0.4 is 4.74 Å². The van der Waals surface area contributed by atoms with E-state index in [1.807, 2.05) is 0 Å². The first kappa shape index (κ1) is 16.9. The van der Waals surface area contributed by atoms with Crippen molar-refractivity contribution in [1.82, 2.24) is 0 Å². The molecule has 4 fully saturated rings. The van der Waals surface area contributed by atoms with Crippen LogP contribution in [0.15, 0.2) is 24.3 Å². The van der Waals surface area contributed by atoms with Gasteiger partial charge in [-0.1, -0.05) is 15.9 Å². The van der Waals surface area contributed by atoms with Crippen molar-refractivity contribution in [3.8, 4) is 11.8 Å². The number of ether oxygens (including phenoxy) is 2. The van der Waals surface area contributed by atoms with Crippen molar-refractivity contribution in [2.24, 2.45) is 17.3 Å². The fraction of sp³-hybridized carbons (Fsp3) is 0.600. The highest BCUT2D eigenvalue weighted by Gasteiger charge is 2.60. The number of rotatable bonds is 5. The van der Waals surface area contributed by atoms with Gasteiger partial charge in [0.05, 0.1) is 17.0 Å². The Bertz CT molecular complexity index is 695. The minimum absolute atomic E-state index is 0.0335. The van der Waals surface area contributed by atoms with Gasteiger partial charge in [-0.05, 0) is 74.6 Å². The van der Waals surface area contributed by atoms with E-state index >= 15 is 0 Å². The van der Waals surface area contributed by atoms with Gasteiger partial charge in [0.15, 0.2) is 0 Å². The normalized spacial score (nSPS) is 35.2. The van der Waals surface area contributed by atoms with Gasteiger partial charge in [0, 0.05) is 4.32 Å². The molecule has 0 aromatic heterocycles. The molecule has 2 atom stereocenters. The number of hydrogen-bond donors (Lipinski definition) is 0. The van der Waals surface area contributed by atoms with Crippen LogP contribution in [0.5, 0.6) is 5.75 Å². The quantitative estimate of drug-likeness (QED) is 0.419. The van der Waals surface area contributed by atoms with Crippen molar-refractivity contribution in [3.63, 3.8) is 0 Å². The van der Waals surface area contributed by atoms with Crippen LogP contribution in [0.25, 0.3) is 0 Å². The Morgan fingerprint density at radius 2 is 1.84 bits per heavy atom. The molecule has 0 heterocycles. The van der Waals surface area contributed by atoms with Gasteiger partial charge in [0.1, 0.15) is 19.0 Å². The maximum Gasteiger partial charge on any atom is 0.312 e. The predicted molar refractivity (Wildman–Crippen MR) is 96.4 cm³/mol. The molecule has 1 aromatic carbocycles. The van der Waals surface area contributed by atoms with Crippen molar-refractivity contribution >= 4 is 21.9 Å². The molecule has 0 radical (unpaired) electrons. The predicted octanol–water partition coefficient (Wildman–Crippen LogP) is 4.21. The largest absolute Gasteiger partial charge is 0.490 e. The molecular weight excluding hydrogens is 382 g/mol. The van der Waals surface area contributed by atoms with E-state index in [0.717, 1.165) is 19.3 Å². The fourth-order valence-electron chi connectivity index (χ4n) is 5.46. The molecular formula is C20H22BrNO3. The summed E-state index contributed by atoms with van der Waals surface area (Å²) in [5.41, 5.74) is 0.325. The standard InChI is InChI=1S/C20H22BrNO3/c21-20-10-15-7-16(11-20)9-19(8-15,13-20)18(23)25-6-5-24-17-3-1-14(12-22)2-4-17/h1-4,15-16H,5-11,13H2. The van der Waals surface area contributed by atoms with Crippen molar-refractivity contribution in [1.29, 1.82) is 5.26 Å². The second-order valence-corrected chi connectivity index (χ2v) is 9.70. The number of benzene rings is 1. The van der Waals surface area contributed by atoms with E-state index in [0.29, 0.717) is 29.8 Å². The maximum absolute atomic E-state index is 12.8. The molecule has 25 heavy (non-hydrogen) atoms. The number of carbonyl (C=O) groups is 1. The Balaban J connectivity index is 1.30. The number of carbonyl (C=O) groups excluding carboxylic acids is 1. The summed E-state index contributed by atoms with van der Waals surface area (Å²) in [5, 5.41) is 8.79. The highest BCUT2D eigenvalue weighted by molar-refractivity contribution is 9.10. The smallest absolute Gasteiger partial charge is 0.312 e. The highest BCUT2D eigenvalue weighted by Crippen LogP contribution is 2.64. The van der Waals surface area contributed by atoms with E-state index in [4.69, 9.17) is 14.7 Å². The Morgan fingerprint density at radius 1 is 1.16 bits per heavy atom. The third kappa shape index (κ3) is 3.29. The fourth-order valence-corrected chi connectivity index (χ4v) is 6.91. The van der Waals surface area contributed by atoms with Crippen LogP contribution in [0.3, 0.4) is 0 Å². The minimum atomic E-state index is -0.276. The minimum Gasteiger partial charge on any atom is -0.490 e. The second kappa shape index (κ2) is 6.32. The van der Waals surface area contributed by atoms with E-state index in [1.54, 1.807) is 24.3 Å². The molecule has 5 rings (SSSR count). The summed E-state index contributed by atoms with van der Waals surface area (Å²) >= 11 is 3.93. The van der Waals surface area contributed by atoms with Gasteiger partial charge in [0.2, 0.25) is 0 Å². The average Bonchev–Trinajstić information content (AvgIpc) is 2.57. The number of esters is 1. The molecule has 1 aromatic rings. The molecule has 4 aliphatic rings. The van der Waals surface area contributed by atoms with Gasteiger partial charge in [-0.2, -0.15) is 5.26 Å². The van der Waals surface area contributed by atoms with Gasteiger partial charge in [-0.15, -0.1) is 0 Å². The van der Waals surface area contributed by atoms with Gasteiger partial charge in [-0.3, -0.25) is 4.79 Å². The Morgan fingerprint density at radius 3 is 2.44 bits per heavy atom. The average molecular weight is 404 g/mol. The molecule has 5 heteroatoms. The van der Waals surface area contributed by atoms with E-state index in [-0.39, 0.29) is 22.3 Å². The van der Waals surface area contributed by atoms with Crippen LogP contribution in [0, 0.1) is 28.6 Å². The monoisotopic (exact) mass is 403 g/mol. The molecule has 4 bridgehead atoms. The van der Waals surface area contributed by atoms with Gasteiger partial charge >= 0.3 is 5.97 Å². The highest BCUT2D eigenvalue weighted by atomic mass is 79.9. The van der Waals surface area contributed by atoms with E-state index in [9.17, 15) is 4.79 Å². The molecule has 2 unspecified atom stereocenters. The maximum atomic E-state index is 12.8. The number of alkyl halides is 1. The van der Waals surface area contributed by atoms with Crippen molar-refractivity contribution < 1.29 is 14.3 Å². The second-order valence-electron chi connectivity index (χ2n) is 8.01. The molecule has 4 nitrogen and oxygen atoms in total. The van der Waals surface area contributed by atoms with Crippen LogP contribution in [0.4, 0.5) is 0 Å². The zero-order chi connectivity index (χ0) is 17.5. The lowest BCUT2D eigenvalue weighted by Gasteiger charge is -2.58. The zero-order valence-corrected chi connectivity index (χ0v) is 15.8. The first-order valence-electron chi connectivity index (χ1n) is 8.99. The molecule has 0 N–H and O–H groups in total. The van der Waals surface area contributed by atoms with Crippen LogP contribution in [0.2, 0.25) is 0 Å².